The molecule has 14 heteroatoms. The summed E-state index contributed by atoms with van der Waals surface area (Å²) in [6.07, 6.45) is -11.4. The normalized spacial score (nSPS) is 17.2. The first-order valence-electron chi connectivity index (χ1n) is 24.6. The van der Waals surface area contributed by atoms with Crippen LogP contribution in [0.5, 0.6) is 34.5 Å². The fourth-order valence-corrected chi connectivity index (χ4v) is 8.54. The number of benzene rings is 8. The van der Waals surface area contributed by atoms with E-state index in [2.05, 4.69) is 0 Å². The quantitative estimate of drug-likeness (QED) is 0.0301. The highest BCUT2D eigenvalue weighted by Crippen LogP contribution is 2.45. The van der Waals surface area contributed by atoms with Crippen molar-refractivity contribution in [2.75, 3.05) is 0 Å². The van der Waals surface area contributed by atoms with Gasteiger partial charge in [0, 0.05) is 11.1 Å². The second-order valence-corrected chi connectivity index (χ2v) is 18.1. The summed E-state index contributed by atoms with van der Waals surface area (Å²) < 4.78 is 44.2. The van der Waals surface area contributed by atoms with Crippen LogP contribution >= 0.6 is 0 Å². The molecule has 1 unspecified atom stereocenters. The Morgan fingerprint density at radius 3 is 0.882 bits per heavy atom. The van der Waals surface area contributed by atoms with Crippen molar-refractivity contribution in [3.63, 3.8) is 0 Å². The predicted octanol–water partition coefficient (Wildman–Crippen LogP) is 8.76. The third kappa shape index (κ3) is 12.6. The van der Waals surface area contributed by atoms with Gasteiger partial charge in [0.15, 0.2) is 29.3 Å². The van der Waals surface area contributed by atoms with E-state index < -0.39 is 59.0 Å². The van der Waals surface area contributed by atoms with E-state index in [1.807, 2.05) is 182 Å². The number of aliphatic hydroxyl groups is 5. The maximum absolute atomic E-state index is 15.8. The van der Waals surface area contributed by atoms with Crippen molar-refractivity contribution in [2.45, 2.75) is 75.9 Å². The van der Waals surface area contributed by atoms with Crippen LogP contribution in [-0.2, 0) is 44.4 Å². The molecule has 1 aliphatic heterocycles. The van der Waals surface area contributed by atoms with Crippen LogP contribution in [0.15, 0.2) is 206 Å². The molecule has 76 heavy (non-hydrogen) atoms. The molecule has 0 bridgehead atoms. The number of aliphatic hydroxyl groups excluding tert-OH is 4. The standard InChI is InChI=1S/C62H56O14/c63-53-54(64)60(76-61(68)55(53)65)62(69,58(66)47-31-49(70-35-41-19-7-1-8-20-41)56(74-39-45-27-15-5-16-28-45)50(32-47)71-36-42-21-9-2-10-22-42)59(67)48-33-51(72-37-43-23-11-3-12-24-43)57(75-40-46-29-17-6-18-30-46)52(34-48)73-38-44-25-13-4-14-26-44/h1-34,53-55,60-61,63-65,68-69H,35-40H2/t53-,54-,55+,60-,61?/m0/s1. The summed E-state index contributed by atoms with van der Waals surface area (Å²) in [5.74, 6) is -2.73. The van der Waals surface area contributed by atoms with Gasteiger partial charge in [-0.3, -0.25) is 9.59 Å². The van der Waals surface area contributed by atoms with Crippen molar-refractivity contribution in [1.29, 1.82) is 0 Å². The van der Waals surface area contributed by atoms with E-state index in [-0.39, 0.29) is 74.1 Å². The predicted molar refractivity (Wildman–Crippen MR) is 280 cm³/mol. The smallest absolute Gasteiger partial charge is 0.219 e. The molecule has 0 radical (unpaired) electrons. The van der Waals surface area contributed by atoms with Gasteiger partial charge in [-0.15, -0.1) is 0 Å². The molecule has 8 aromatic carbocycles. The summed E-state index contributed by atoms with van der Waals surface area (Å²) in [4.78, 5) is 31.5. The number of hydrogen-bond donors (Lipinski definition) is 5. The van der Waals surface area contributed by atoms with Crippen LogP contribution in [-0.4, -0.2) is 73.4 Å². The maximum Gasteiger partial charge on any atom is 0.219 e. The Labute approximate surface area is 439 Å². The Balaban J connectivity index is 1.20. The minimum absolute atomic E-state index is 0.0293. The minimum Gasteiger partial charge on any atom is -0.485 e. The van der Waals surface area contributed by atoms with Gasteiger partial charge in [-0.2, -0.15) is 0 Å². The van der Waals surface area contributed by atoms with Crippen LogP contribution in [0.3, 0.4) is 0 Å². The summed E-state index contributed by atoms with van der Waals surface area (Å²) >= 11 is 0. The van der Waals surface area contributed by atoms with Crippen LogP contribution < -0.4 is 28.4 Å². The van der Waals surface area contributed by atoms with Crippen molar-refractivity contribution >= 4 is 11.6 Å². The van der Waals surface area contributed by atoms with Gasteiger partial charge in [0.1, 0.15) is 64.1 Å². The van der Waals surface area contributed by atoms with Crippen molar-refractivity contribution < 1.29 is 68.3 Å². The third-order valence-corrected chi connectivity index (χ3v) is 12.7. The lowest BCUT2D eigenvalue weighted by molar-refractivity contribution is -0.299. The minimum atomic E-state index is -3.53. The molecule has 5 N–H and O–H groups in total. The first kappa shape index (κ1) is 52.5. The molecule has 388 valence electrons. The van der Waals surface area contributed by atoms with E-state index in [1.54, 1.807) is 0 Å². The second-order valence-electron chi connectivity index (χ2n) is 18.1. The fraction of sp³-hybridized carbons (Fsp3) is 0.194. The zero-order valence-corrected chi connectivity index (χ0v) is 41.2. The first-order valence-corrected chi connectivity index (χ1v) is 24.6. The molecule has 1 heterocycles. The molecule has 1 aliphatic rings. The van der Waals surface area contributed by atoms with E-state index in [9.17, 15) is 25.5 Å². The van der Waals surface area contributed by atoms with E-state index in [0.29, 0.717) is 0 Å². The van der Waals surface area contributed by atoms with Crippen LogP contribution in [0, 0.1) is 0 Å². The SMILES string of the molecule is O=C(c1cc(OCc2ccccc2)c(OCc2ccccc2)c(OCc2ccccc2)c1)C(O)(C(=O)c1cc(OCc2ccccc2)c(OCc2ccccc2)c(OCc2ccccc2)c1)[C@H]1OC(O)[C@H](O)[C@@H](O)[C@@H]1O. The summed E-state index contributed by atoms with van der Waals surface area (Å²) in [7, 11) is 0. The number of ether oxygens (including phenoxy) is 7. The molecule has 14 nitrogen and oxygen atoms in total. The van der Waals surface area contributed by atoms with E-state index in [0.717, 1.165) is 33.4 Å². The Hall–Kier alpha value is -8.34. The van der Waals surface area contributed by atoms with Crippen LogP contribution in [0.1, 0.15) is 54.1 Å². The van der Waals surface area contributed by atoms with E-state index in [4.69, 9.17) is 33.2 Å². The maximum atomic E-state index is 15.8. The average Bonchev–Trinajstić information content (AvgIpc) is 3.47. The molecule has 0 saturated carbocycles. The molecular formula is C62H56O14. The molecule has 0 aromatic heterocycles. The Bertz CT molecular complexity index is 2820. The fourth-order valence-electron chi connectivity index (χ4n) is 8.54. The van der Waals surface area contributed by atoms with Gasteiger partial charge in [0.05, 0.1) is 0 Å². The highest BCUT2D eigenvalue weighted by molar-refractivity contribution is 6.23. The van der Waals surface area contributed by atoms with Crippen LogP contribution in [0.4, 0.5) is 0 Å². The van der Waals surface area contributed by atoms with Crippen molar-refractivity contribution in [3.05, 3.63) is 251 Å². The lowest BCUT2D eigenvalue weighted by atomic mass is 9.76. The highest BCUT2D eigenvalue weighted by atomic mass is 16.6. The largest absolute Gasteiger partial charge is 0.485 e. The second kappa shape index (κ2) is 24.8. The molecule has 1 saturated heterocycles. The summed E-state index contributed by atoms with van der Waals surface area (Å²) in [5.41, 5.74) is 0.261. The van der Waals surface area contributed by atoms with Gasteiger partial charge in [0.2, 0.25) is 28.7 Å². The Morgan fingerprint density at radius 1 is 0.368 bits per heavy atom. The van der Waals surface area contributed by atoms with E-state index >= 15 is 9.59 Å². The lowest BCUT2D eigenvalue weighted by Crippen LogP contribution is -2.69. The summed E-state index contributed by atoms with van der Waals surface area (Å²) in [6.45, 7) is -0.0448. The van der Waals surface area contributed by atoms with Gasteiger partial charge < -0.3 is 58.7 Å². The van der Waals surface area contributed by atoms with Crippen molar-refractivity contribution in [1.82, 2.24) is 0 Å². The van der Waals surface area contributed by atoms with Gasteiger partial charge in [-0.05, 0) is 57.6 Å². The van der Waals surface area contributed by atoms with Gasteiger partial charge in [-0.1, -0.05) is 182 Å². The molecule has 8 aromatic rings. The topological polar surface area (TPSA) is 200 Å². The van der Waals surface area contributed by atoms with Gasteiger partial charge >= 0.3 is 0 Å². The molecule has 0 aliphatic carbocycles. The zero-order valence-electron chi connectivity index (χ0n) is 41.2. The van der Waals surface area contributed by atoms with E-state index in [1.165, 1.54) is 24.3 Å². The van der Waals surface area contributed by atoms with Crippen LogP contribution in [0.2, 0.25) is 0 Å². The summed E-state index contributed by atoms with van der Waals surface area (Å²) in [6, 6.07) is 60.4. The number of ketones is 2. The monoisotopic (exact) mass is 1020 g/mol. The first-order chi connectivity index (χ1) is 37.0. The van der Waals surface area contributed by atoms with Crippen molar-refractivity contribution in [2.24, 2.45) is 0 Å². The number of carbonyl (C=O) groups excluding carboxylic acids is 2. The highest BCUT2D eigenvalue weighted by Gasteiger charge is 2.60. The van der Waals surface area contributed by atoms with Crippen molar-refractivity contribution in [3.8, 4) is 34.5 Å². The summed E-state index contributed by atoms with van der Waals surface area (Å²) in [5, 5.41) is 57.8. The zero-order chi connectivity index (χ0) is 52.9. The van der Waals surface area contributed by atoms with Crippen LogP contribution in [0.25, 0.3) is 0 Å². The molecule has 1 fully saturated rings. The number of hydrogen-bond acceptors (Lipinski definition) is 14. The van der Waals surface area contributed by atoms with Gasteiger partial charge in [0.25, 0.3) is 0 Å². The molecule has 5 atom stereocenters. The average molecular weight is 1030 g/mol. The molecule has 0 spiro atoms. The molecular weight excluding hydrogens is 969 g/mol. The Morgan fingerprint density at radius 2 is 0.618 bits per heavy atom. The Kier molecular flexibility index (Phi) is 17.1. The van der Waals surface area contributed by atoms with Gasteiger partial charge in [-0.25, -0.2) is 0 Å². The number of rotatable bonds is 23. The molecule has 9 rings (SSSR count). The third-order valence-electron chi connectivity index (χ3n) is 12.7. The molecule has 0 amide bonds. The number of Topliss-reactive ketones (excluding diaryl/α,β-unsaturated/α-hetero) is 2. The number of carbonyl (C=O) groups is 2. The lowest BCUT2D eigenvalue weighted by Gasteiger charge is -2.44.